The fourth-order valence-electron chi connectivity index (χ4n) is 0.778. The second-order valence-electron chi connectivity index (χ2n) is 2.06. The van der Waals surface area contributed by atoms with Crippen LogP contribution in [0.2, 0.25) is 0 Å². The van der Waals surface area contributed by atoms with Gasteiger partial charge in [-0.25, -0.2) is 0 Å². The molecule has 1 atom stereocenters. The molecule has 0 heterocycles. The molecule has 0 aliphatic rings. The average Bonchev–Trinajstić information content (AvgIpc) is 1.88. The van der Waals surface area contributed by atoms with Crippen LogP contribution < -0.4 is 5.30 Å². The van der Waals surface area contributed by atoms with Gasteiger partial charge >= 0.3 is 8.03 Å². The van der Waals surface area contributed by atoms with E-state index >= 15 is 0 Å². The SMILES string of the molecule is Cc1ccccc1[P+](=O)O.Cl. The summed E-state index contributed by atoms with van der Waals surface area (Å²) >= 11 is 0. The lowest BCUT2D eigenvalue weighted by atomic mass is 10.2. The maximum absolute atomic E-state index is 10.6. The number of hydrogen-bond donors (Lipinski definition) is 1. The van der Waals surface area contributed by atoms with E-state index in [1.165, 1.54) is 0 Å². The topological polar surface area (TPSA) is 37.3 Å². The Morgan fingerprint density at radius 3 is 2.27 bits per heavy atom. The van der Waals surface area contributed by atoms with Crippen LogP contribution in [0.15, 0.2) is 24.3 Å². The van der Waals surface area contributed by atoms with Crippen molar-refractivity contribution in [3.05, 3.63) is 29.8 Å². The van der Waals surface area contributed by atoms with Crippen molar-refractivity contribution in [2.24, 2.45) is 0 Å². The summed E-state index contributed by atoms with van der Waals surface area (Å²) in [5.41, 5.74) is 0.867. The van der Waals surface area contributed by atoms with Crippen LogP contribution in [-0.2, 0) is 4.57 Å². The maximum atomic E-state index is 10.6. The number of hydrogen-bond acceptors (Lipinski definition) is 1. The molecule has 0 spiro atoms. The predicted octanol–water partition coefficient (Wildman–Crippen LogP) is 1.78. The van der Waals surface area contributed by atoms with Gasteiger partial charge in [0.2, 0.25) is 5.30 Å². The highest BCUT2D eigenvalue weighted by molar-refractivity contribution is 7.47. The molecule has 2 nitrogen and oxygen atoms in total. The third-order valence-electron chi connectivity index (χ3n) is 1.32. The molecule has 0 radical (unpaired) electrons. The fraction of sp³-hybridized carbons (Fsp3) is 0.143. The molecule has 0 amide bonds. The number of halogens is 1. The summed E-state index contributed by atoms with van der Waals surface area (Å²) in [5.74, 6) is 0. The highest BCUT2D eigenvalue weighted by Gasteiger charge is 2.17. The zero-order chi connectivity index (χ0) is 7.56. The second kappa shape index (κ2) is 4.45. The second-order valence-corrected chi connectivity index (χ2v) is 3.09. The highest BCUT2D eigenvalue weighted by atomic mass is 35.5. The van der Waals surface area contributed by atoms with Crippen LogP contribution in [0.3, 0.4) is 0 Å². The Morgan fingerprint density at radius 2 is 1.91 bits per heavy atom. The number of aryl methyl sites for hydroxylation is 1. The number of benzene rings is 1. The molecule has 0 fully saturated rings. The Hall–Kier alpha value is -0.430. The van der Waals surface area contributed by atoms with Crippen molar-refractivity contribution >= 4 is 25.7 Å². The lowest BCUT2D eigenvalue weighted by Crippen LogP contribution is -1.99. The van der Waals surface area contributed by atoms with Crippen molar-refractivity contribution in [1.82, 2.24) is 0 Å². The summed E-state index contributed by atoms with van der Waals surface area (Å²) in [6.45, 7) is 1.82. The zero-order valence-corrected chi connectivity index (χ0v) is 7.73. The highest BCUT2D eigenvalue weighted by Crippen LogP contribution is 2.14. The van der Waals surface area contributed by atoms with Gasteiger partial charge in [-0.15, -0.1) is 12.4 Å². The zero-order valence-electron chi connectivity index (χ0n) is 6.02. The molecular formula is C7H9ClO2P+. The van der Waals surface area contributed by atoms with Crippen LogP contribution in [0.4, 0.5) is 0 Å². The smallest absolute Gasteiger partial charge is 0.156 e. The fourth-order valence-corrected chi connectivity index (χ4v) is 1.37. The third kappa shape index (κ3) is 2.58. The lowest BCUT2D eigenvalue weighted by Gasteiger charge is -1.87. The molecule has 1 rings (SSSR count). The van der Waals surface area contributed by atoms with Crippen molar-refractivity contribution in [2.75, 3.05) is 0 Å². The maximum Gasteiger partial charge on any atom is 0.546 e. The molecule has 1 N–H and O–H groups in total. The van der Waals surface area contributed by atoms with Gasteiger partial charge in [0, 0.05) is 5.56 Å². The van der Waals surface area contributed by atoms with Gasteiger partial charge in [-0.05, 0) is 17.6 Å². The van der Waals surface area contributed by atoms with Crippen molar-refractivity contribution in [3.8, 4) is 0 Å². The molecule has 1 unspecified atom stereocenters. The Bertz CT molecular complexity index is 262. The van der Waals surface area contributed by atoms with E-state index < -0.39 is 8.03 Å². The Morgan fingerprint density at radius 1 is 1.36 bits per heavy atom. The average molecular weight is 192 g/mol. The van der Waals surface area contributed by atoms with Gasteiger partial charge in [0.05, 0.1) is 0 Å². The Kier molecular flexibility index (Phi) is 4.27. The molecule has 0 aromatic heterocycles. The third-order valence-corrected chi connectivity index (χ3v) is 2.24. The van der Waals surface area contributed by atoms with Crippen molar-refractivity contribution < 1.29 is 9.46 Å². The first-order valence-electron chi connectivity index (χ1n) is 2.93. The van der Waals surface area contributed by atoms with Crippen LogP contribution in [0, 0.1) is 6.92 Å². The molecule has 0 aliphatic carbocycles. The van der Waals surface area contributed by atoms with E-state index in [0.29, 0.717) is 5.30 Å². The summed E-state index contributed by atoms with van der Waals surface area (Å²) in [7, 11) is -2.17. The summed E-state index contributed by atoms with van der Waals surface area (Å²) in [4.78, 5) is 8.71. The van der Waals surface area contributed by atoms with E-state index in [9.17, 15) is 4.57 Å². The first kappa shape index (κ1) is 10.6. The van der Waals surface area contributed by atoms with E-state index in [2.05, 4.69) is 0 Å². The lowest BCUT2D eigenvalue weighted by molar-refractivity contribution is 0.513. The molecule has 60 valence electrons. The summed E-state index contributed by atoms with van der Waals surface area (Å²) in [5, 5.41) is 0.525. The van der Waals surface area contributed by atoms with Gasteiger partial charge < -0.3 is 0 Å². The van der Waals surface area contributed by atoms with Crippen molar-refractivity contribution in [1.29, 1.82) is 0 Å². The van der Waals surface area contributed by atoms with Gasteiger partial charge in [-0.2, -0.15) is 4.89 Å². The van der Waals surface area contributed by atoms with E-state index in [1.807, 2.05) is 19.1 Å². The van der Waals surface area contributed by atoms with Gasteiger partial charge in [-0.3, -0.25) is 0 Å². The van der Waals surface area contributed by atoms with E-state index in [4.69, 9.17) is 4.89 Å². The van der Waals surface area contributed by atoms with Crippen LogP contribution in [0.5, 0.6) is 0 Å². The van der Waals surface area contributed by atoms with Crippen LogP contribution >= 0.6 is 20.4 Å². The first-order chi connectivity index (χ1) is 4.72. The molecule has 0 saturated carbocycles. The van der Waals surface area contributed by atoms with E-state index in [0.717, 1.165) is 5.56 Å². The van der Waals surface area contributed by atoms with Crippen molar-refractivity contribution in [3.63, 3.8) is 0 Å². The Labute approximate surface area is 72.5 Å². The molecule has 0 saturated heterocycles. The predicted molar refractivity (Wildman–Crippen MR) is 47.9 cm³/mol. The minimum absolute atomic E-state index is 0. The van der Waals surface area contributed by atoms with Gasteiger partial charge in [0.25, 0.3) is 0 Å². The number of rotatable bonds is 1. The standard InChI is InChI=1S/C7H7O2P.ClH/c1-6-4-2-3-5-7(6)10(8)9;/h2-5H,1H3;1H/p+1. The van der Waals surface area contributed by atoms with Crippen LogP contribution in [-0.4, -0.2) is 4.89 Å². The summed E-state index contributed by atoms with van der Waals surface area (Å²) < 4.78 is 10.6. The van der Waals surface area contributed by atoms with Crippen LogP contribution in [0.25, 0.3) is 0 Å². The normalized spacial score (nSPS) is 10.2. The molecule has 4 heteroatoms. The molecule has 1 aromatic carbocycles. The Balaban J connectivity index is 0.000001000. The minimum Gasteiger partial charge on any atom is -0.156 e. The quantitative estimate of drug-likeness (QED) is 0.687. The summed E-state index contributed by atoms with van der Waals surface area (Å²) in [6, 6.07) is 7.08. The monoisotopic (exact) mass is 191 g/mol. The largest absolute Gasteiger partial charge is 0.546 e. The van der Waals surface area contributed by atoms with E-state index in [-0.39, 0.29) is 12.4 Å². The first-order valence-corrected chi connectivity index (χ1v) is 4.15. The molecule has 1 aromatic rings. The van der Waals surface area contributed by atoms with Gasteiger partial charge in [-0.1, -0.05) is 18.2 Å². The van der Waals surface area contributed by atoms with E-state index in [1.54, 1.807) is 12.1 Å². The molecule has 0 bridgehead atoms. The molecule has 11 heavy (non-hydrogen) atoms. The van der Waals surface area contributed by atoms with Crippen LogP contribution in [0.1, 0.15) is 5.56 Å². The van der Waals surface area contributed by atoms with Crippen molar-refractivity contribution in [2.45, 2.75) is 6.92 Å². The minimum atomic E-state index is -2.17. The molecular weight excluding hydrogens is 183 g/mol. The van der Waals surface area contributed by atoms with Gasteiger partial charge in [0.15, 0.2) is 0 Å². The summed E-state index contributed by atoms with van der Waals surface area (Å²) in [6.07, 6.45) is 0. The molecule has 0 aliphatic heterocycles. The van der Waals surface area contributed by atoms with Gasteiger partial charge in [0.1, 0.15) is 0 Å².